The predicted molar refractivity (Wildman–Crippen MR) is 79.2 cm³/mol. The molecule has 2 atom stereocenters. The number of carbonyl (C=O) groups is 1. The monoisotopic (exact) mass is 301 g/mol. The van der Waals surface area contributed by atoms with Crippen molar-refractivity contribution in [1.82, 2.24) is 15.6 Å². The Bertz CT molecular complexity index is 621. The van der Waals surface area contributed by atoms with Crippen molar-refractivity contribution in [2.45, 2.75) is 25.8 Å². The van der Waals surface area contributed by atoms with Gasteiger partial charge >= 0.3 is 0 Å². The lowest BCUT2D eigenvalue weighted by molar-refractivity contribution is 0.0918. The van der Waals surface area contributed by atoms with Crippen LogP contribution in [-0.2, 0) is 4.74 Å². The Hall–Kier alpha value is -2.21. The molecule has 2 aromatic rings. The summed E-state index contributed by atoms with van der Waals surface area (Å²) in [7, 11) is 0. The van der Waals surface area contributed by atoms with Crippen LogP contribution in [-0.4, -0.2) is 29.4 Å². The number of amides is 1. The zero-order valence-electron chi connectivity index (χ0n) is 12.5. The molecule has 6 heteroatoms. The number of aromatic nitrogens is 2. The van der Waals surface area contributed by atoms with Gasteiger partial charge in [-0.25, -0.2) is 4.63 Å². The molecular formula is C16H19N3O3. The third kappa shape index (κ3) is 3.33. The average molecular weight is 301 g/mol. The van der Waals surface area contributed by atoms with Crippen molar-refractivity contribution < 1.29 is 14.2 Å². The minimum absolute atomic E-state index is 0.0727. The maximum Gasteiger partial charge on any atom is 0.275 e. The molecular weight excluding hydrogens is 282 g/mol. The Balaban J connectivity index is 1.76. The van der Waals surface area contributed by atoms with Gasteiger partial charge in [0.1, 0.15) is 5.69 Å². The van der Waals surface area contributed by atoms with Crippen LogP contribution in [0.1, 0.15) is 40.6 Å². The van der Waals surface area contributed by atoms with Crippen molar-refractivity contribution in [2.24, 2.45) is 5.92 Å². The van der Waals surface area contributed by atoms with Crippen LogP contribution in [0.25, 0.3) is 0 Å². The lowest BCUT2D eigenvalue weighted by atomic mass is 9.94. The van der Waals surface area contributed by atoms with E-state index in [2.05, 4.69) is 20.3 Å². The van der Waals surface area contributed by atoms with Crippen LogP contribution < -0.4 is 5.32 Å². The maximum absolute atomic E-state index is 12.4. The molecule has 3 rings (SSSR count). The molecule has 6 nitrogen and oxygen atoms in total. The first-order chi connectivity index (χ1) is 10.7. The van der Waals surface area contributed by atoms with Crippen molar-refractivity contribution in [2.75, 3.05) is 13.2 Å². The van der Waals surface area contributed by atoms with Crippen LogP contribution in [0.3, 0.4) is 0 Å². The first-order valence-electron chi connectivity index (χ1n) is 7.46. The molecule has 0 radical (unpaired) electrons. The number of carbonyl (C=O) groups excluding carboxylic acids is 1. The van der Waals surface area contributed by atoms with Gasteiger partial charge in [-0.1, -0.05) is 35.5 Å². The molecule has 1 saturated heterocycles. The minimum Gasteiger partial charge on any atom is -0.381 e. The van der Waals surface area contributed by atoms with Gasteiger partial charge in [0.05, 0.1) is 6.04 Å². The Morgan fingerprint density at radius 1 is 1.36 bits per heavy atom. The summed E-state index contributed by atoms with van der Waals surface area (Å²) in [6, 6.07) is 9.89. The van der Waals surface area contributed by atoms with Crippen molar-refractivity contribution in [3.63, 3.8) is 0 Å². The van der Waals surface area contributed by atoms with Gasteiger partial charge in [-0.2, -0.15) is 0 Å². The van der Waals surface area contributed by atoms with Crippen LogP contribution in [0.2, 0.25) is 0 Å². The van der Waals surface area contributed by atoms with E-state index in [0.29, 0.717) is 11.6 Å². The molecule has 0 bridgehead atoms. The molecule has 1 aliphatic heterocycles. The topological polar surface area (TPSA) is 77.2 Å². The fourth-order valence-corrected chi connectivity index (χ4v) is 2.73. The molecule has 1 aromatic carbocycles. The molecule has 1 fully saturated rings. The zero-order chi connectivity index (χ0) is 15.4. The number of benzene rings is 1. The third-order valence-electron chi connectivity index (χ3n) is 3.97. The van der Waals surface area contributed by atoms with Crippen molar-refractivity contribution >= 4 is 5.91 Å². The summed E-state index contributed by atoms with van der Waals surface area (Å²) >= 11 is 0. The van der Waals surface area contributed by atoms with Crippen LogP contribution in [0.15, 0.2) is 35.0 Å². The molecule has 1 N–H and O–H groups in total. The van der Waals surface area contributed by atoms with E-state index >= 15 is 0 Å². The van der Waals surface area contributed by atoms with Gasteiger partial charge < -0.3 is 10.1 Å². The number of aryl methyl sites for hydroxylation is 1. The highest BCUT2D eigenvalue weighted by Crippen LogP contribution is 2.26. The molecule has 0 saturated carbocycles. The predicted octanol–water partition coefficient (Wildman–Crippen LogP) is 2.28. The van der Waals surface area contributed by atoms with E-state index < -0.39 is 0 Å². The number of ether oxygens (including phenoxy) is 1. The van der Waals surface area contributed by atoms with Crippen molar-refractivity contribution in [3.8, 4) is 0 Å². The smallest absolute Gasteiger partial charge is 0.275 e. The highest BCUT2D eigenvalue weighted by Gasteiger charge is 2.25. The number of nitrogens with one attached hydrogen (secondary N) is 1. The van der Waals surface area contributed by atoms with Gasteiger partial charge in [-0.3, -0.25) is 4.79 Å². The lowest BCUT2D eigenvalue weighted by Gasteiger charge is -2.21. The molecule has 2 heterocycles. The van der Waals surface area contributed by atoms with Gasteiger partial charge in [-0.15, -0.1) is 0 Å². The summed E-state index contributed by atoms with van der Waals surface area (Å²) in [5.74, 6) is 0.202. The summed E-state index contributed by atoms with van der Waals surface area (Å²) in [6.45, 7) is 3.25. The van der Waals surface area contributed by atoms with Crippen LogP contribution in [0.4, 0.5) is 0 Å². The Morgan fingerprint density at radius 3 is 2.82 bits per heavy atom. The van der Waals surface area contributed by atoms with Crippen LogP contribution in [0.5, 0.6) is 0 Å². The van der Waals surface area contributed by atoms with Gasteiger partial charge in [0, 0.05) is 13.2 Å². The zero-order valence-corrected chi connectivity index (χ0v) is 12.5. The normalized spacial score (nSPS) is 19.0. The van der Waals surface area contributed by atoms with Crippen molar-refractivity contribution in [3.05, 3.63) is 47.3 Å². The summed E-state index contributed by atoms with van der Waals surface area (Å²) in [5, 5.41) is 10.4. The van der Waals surface area contributed by atoms with E-state index in [9.17, 15) is 4.79 Å². The van der Waals surface area contributed by atoms with E-state index in [-0.39, 0.29) is 17.6 Å². The standard InChI is InChI=1S/C16H19N3O3/c1-11-15(19-22-18-11)16(20)17-14(9-12-7-8-21-10-12)13-5-3-2-4-6-13/h2-6,12,14H,7-10H2,1H3,(H,17,20)/t12-,14-/m1/s1. The number of nitrogens with zero attached hydrogens (tertiary/aromatic N) is 2. The Morgan fingerprint density at radius 2 is 2.18 bits per heavy atom. The molecule has 0 aliphatic carbocycles. The first kappa shape index (κ1) is 14.7. The summed E-state index contributed by atoms with van der Waals surface area (Å²) in [5.41, 5.74) is 1.81. The van der Waals surface area contributed by atoms with Gasteiger partial charge in [-0.05, 0) is 36.4 Å². The highest BCUT2D eigenvalue weighted by atomic mass is 16.6. The summed E-state index contributed by atoms with van der Waals surface area (Å²) < 4.78 is 10.0. The first-order valence-corrected chi connectivity index (χ1v) is 7.46. The molecule has 22 heavy (non-hydrogen) atoms. The maximum atomic E-state index is 12.4. The molecule has 1 amide bonds. The second-order valence-corrected chi connectivity index (χ2v) is 5.60. The summed E-state index contributed by atoms with van der Waals surface area (Å²) in [4.78, 5) is 12.4. The number of rotatable bonds is 5. The van der Waals surface area contributed by atoms with Gasteiger partial charge in [0.25, 0.3) is 5.91 Å². The molecule has 0 unspecified atom stereocenters. The average Bonchev–Trinajstić information content (AvgIpc) is 3.19. The van der Waals surface area contributed by atoms with E-state index in [1.807, 2.05) is 30.3 Å². The number of hydrogen-bond donors (Lipinski definition) is 1. The fraction of sp³-hybridized carbons (Fsp3) is 0.438. The van der Waals surface area contributed by atoms with Crippen LogP contribution >= 0.6 is 0 Å². The van der Waals surface area contributed by atoms with E-state index in [1.165, 1.54) is 0 Å². The van der Waals surface area contributed by atoms with Gasteiger partial charge in [0.15, 0.2) is 5.69 Å². The largest absolute Gasteiger partial charge is 0.381 e. The molecule has 116 valence electrons. The SMILES string of the molecule is Cc1nonc1C(=O)N[C@H](C[C@H]1CCOC1)c1ccccc1. The van der Waals surface area contributed by atoms with Crippen molar-refractivity contribution in [1.29, 1.82) is 0 Å². The minimum atomic E-state index is -0.258. The summed E-state index contributed by atoms with van der Waals surface area (Å²) in [6.07, 6.45) is 1.88. The molecule has 1 aliphatic rings. The molecule has 1 aromatic heterocycles. The van der Waals surface area contributed by atoms with E-state index in [4.69, 9.17) is 4.74 Å². The fourth-order valence-electron chi connectivity index (χ4n) is 2.73. The Kier molecular flexibility index (Phi) is 4.48. The van der Waals surface area contributed by atoms with Crippen LogP contribution in [0, 0.1) is 12.8 Å². The number of hydrogen-bond acceptors (Lipinski definition) is 5. The highest BCUT2D eigenvalue weighted by molar-refractivity contribution is 5.93. The van der Waals surface area contributed by atoms with Gasteiger partial charge in [0.2, 0.25) is 0 Å². The second kappa shape index (κ2) is 6.70. The third-order valence-corrected chi connectivity index (χ3v) is 3.97. The van der Waals surface area contributed by atoms with E-state index in [1.54, 1.807) is 6.92 Å². The van der Waals surface area contributed by atoms with E-state index in [0.717, 1.165) is 31.6 Å². The molecule has 0 spiro atoms. The second-order valence-electron chi connectivity index (χ2n) is 5.60. The quantitative estimate of drug-likeness (QED) is 0.916. The lowest BCUT2D eigenvalue weighted by Crippen LogP contribution is -2.31. The Labute approximate surface area is 128 Å².